The molecule has 0 aliphatic heterocycles. The van der Waals surface area contributed by atoms with Gasteiger partial charge < -0.3 is 14.7 Å². The minimum absolute atomic E-state index is 0.257. The van der Waals surface area contributed by atoms with Gasteiger partial charge in [-0.25, -0.2) is 0 Å². The van der Waals surface area contributed by atoms with E-state index in [-0.39, 0.29) is 5.91 Å². The first-order valence-electron chi connectivity index (χ1n) is 5.60. The van der Waals surface area contributed by atoms with Crippen molar-refractivity contribution in [1.29, 1.82) is 0 Å². The van der Waals surface area contributed by atoms with Crippen LogP contribution >= 0.6 is 0 Å². The molecule has 4 nitrogen and oxygen atoms in total. The Morgan fingerprint density at radius 2 is 2.24 bits per heavy atom. The SMILES string of the molecule is COc1cccc(CCN(C)C(=O)C(C)O)c1. The molecule has 1 aromatic rings. The number of carbonyl (C=O) groups is 1. The van der Waals surface area contributed by atoms with Crippen LogP contribution in [0.2, 0.25) is 0 Å². The molecule has 0 heterocycles. The van der Waals surface area contributed by atoms with Gasteiger partial charge in [-0.15, -0.1) is 0 Å². The average molecular weight is 237 g/mol. The van der Waals surface area contributed by atoms with Gasteiger partial charge in [0.2, 0.25) is 0 Å². The maximum Gasteiger partial charge on any atom is 0.250 e. The molecule has 0 saturated carbocycles. The predicted octanol–water partition coefficient (Wildman–Crippen LogP) is 1.08. The minimum atomic E-state index is -0.940. The number of amides is 1. The summed E-state index contributed by atoms with van der Waals surface area (Å²) in [5, 5.41) is 9.16. The number of benzene rings is 1. The number of hydrogen-bond acceptors (Lipinski definition) is 3. The topological polar surface area (TPSA) is 49.8 Å². The molecule has 0 aliphatic rings. The summed E-state index contributed by atoms with van der Waals surface area (Å²) in [6.07, 6.45) is -0.197. The molecule has 1 unspecified atom stereocenters. The zero-order valence-electron chi connectivity index (χ0n) is 10.5. The Morgan fingerprint density at radius 3 is 2.82 bits per heavy atom. The zero-order valence-corrected chi connectivity index (χ0v) is 10.5. The Labute approximate surface area is 102 Å². The van der Waals surface area contributed by atoms with Crippen LogP contribution in [0.15, 0.2) is 24.3 Å². The van der Waals surface area contributed by atoms with E-state index in [1.165, 1.54) is 11.8 Å². The Hall–Kier alpha value is -1.55. The van der Waals surface area contributed by atoms with Crippen LogP contribution in [0, 0.1) is 0 Å². The smallest absolute Gasteiger partial charge is 0.250 e. The van der Waals surface area contributed by atoms with E-state index in [1.54, 1.807) is 14.2 Å². The number of nitrogens with zero attached hydrogens (tertiary/aromatic N) is 1. The van der Waals surface area contributed by atoms with Crippen LogP contribution in [0.25, 0.3) is 0 Å². The first kappa shape index (κ1) is 13.5. The molecular formula is C13H19NO3. The molecule has 17 heavy (non-hydrogen) atoms. The van der Waals surface area contributed by atoms with Crippen LogP contribution in [0.4, 0.5) is 0 Å². The fraction of sp³-hybridized carbons (Fsp3) is 0.462. The minimum Gasteiger partial charge on any atom is -0.497 e. The van der Waals surface area contributed by atoms with Gasteiger partial charge in [-0.2, -0.15) is 0 Å². The van der Waals surface area contributed by atoms with Crippen LogP contribution in [-0.4, -0.2) is 42.7 Å². The first-order valence-corrected chi connectivity index (χ1v) is 5.60. The van der Waals surface area contributed by atoms with Gasteiger partial charge in [0.15, 0.2) is 0 Å². The van der Waals surface area contributed by atoms with Crippen LogP contribution in [-0.2, 0) is 11.2 Å². The summed E-state index contributed by atoms with van der Waals surface area (Å²) in [5.74, 6) is 0.555. The fourth-order valence-electron chi connectivity index (χ4n) is 1.55. The second-order valence-corrected chi connectivity index (χ2v) is 4.04. The maximum atomic E-state index is 11.4. The van der Waals surface area contributed by atoms with Crippen molar-refractivity contribution in [3.63, 3.8) is 0 Å². The number of methoxy groups -OCH3 is 1. The summed E-state index contributed by atoms with van der Waals surface area (Å²) in [6.45, 7) is 2.06. The van der Waals surface area contributed by atoms with Crippen molar-refractivity contribution in [2.24, 2.45) is 0 Å². The number of aliphatic hydroxyl groups is 1. The molecule has 0 spiro atoms. The monoisotopic (exact) mass is 237 g/mol. The highest BCUT2D eigenvalue weighted by molar-refractivity contribution is 5.79. The van der Waals surface area contributed by atoms with Crippen LogP contribution < -0.4 is 4.74 Å². The summed E-state index contributed by atoms with van der Waals surface area (Å²) < 4.78 is 5.13. The van der Waals surface area contributed by atoms with Gasteiger partial charge in [0.1, 0.15) is 11.9 Å². The maximum absolute atomic E-state index is 11.4. The predicted molar refractivity (Wildman–Crippen MR) is 66.0 cm³/mol. The number of rotatable bonds is 5. The lowest BCUT2D eigenvalue weighted by atomic mass is 10.1. The lowest BCUT2D eigenvalue weighted by Crippen LogP contribution is -2.35. The van der Waals surface area contributed by atoms with Gasteiger partial charge in [0, 0.05) is 13.6 Å². The second kappa shape index (κ2) is 6.25. The Kier molecular flexibility index (Phi) is 4.97. The highest BCUT2D eigenvalue weighted by Crippen LogP contribution is 2.13. The molecule has 94 valence electrons. The van der Waals surface area contributed by atoms with E-state index < -0.39 is 6.10 Å². The molecule has 0 bridgehead atoms. The third kappa shape index (κ3) is 4.07. The van der Waals surface area contributed by atoms with Gasteiger partial charge in [0.25, 0.3) is 5.91 Å². The zero-order chi connectivity index (χ0) is 12.8. The van der Waals surface area contributed by atoms with E-state index >= 15 is 0 Å². The lowest BCUT2D eigenvalue weighted by Gasteiger charge is -2.18. The highest BCUT2D eigenvalue weighted by atomic mass is 16.5. The van der Waals surface area contributed by atoms with Gasteiger partial charge in [0.05, 0.1) is 7.11 Å². The van der Waals surface area contributed by atoms with E-state index in [9.17, 15) is 4.79 Å². The molecule has 4 heteroatoms. The number of likely N-dealkylation sites (N-methyl/N-ethyl adjacent to an activating group) is 1. The third-order valence-electron chi connectivity index (χ3n) is 2.60. The van der Waals surface area contributed by atoms with E-state index in [1.807, 2.05) is 24.3 Å². The third-order valence-corrected chi connectivity index (χ3v) is 2.60. The van der Waals surface area contributed by atoms with Crippen molar-refractivity contribution in [2.45, 2.75) is 19.4 Å². The summed E-state index contributed by atoms with van der Waals surface area (Å²) >= 11 is 0. The molecule has 0 aromatic heterocycles. The fourth-order valence-corrected chi connectivity index (χ4v) is 1.55. The van der Waals surface area contributed by atoms with Crippen LogP contribution in [0.3, 0.4) is 0 Å². The Balaban J connectivity index is 2.52. The van der Waals surface area contributed by atoms with Gasteiger partial charge >= 0.3 is 0 Å². The average Bonchev–Trinajstić information content (AvgIpc) is 2.35. The molecule has 1 rings (SSSR count). The second-order valence-electron chi connectivity index (χ2n) is 4.04. The van der Waals surface area contributed by atoms with E-state index in [0.717, 1.165) is 17.7 Å². The molecule has 0 aliphatic carbocycles. The van der Waals surface area contributed by atoms with Crippen molar-refractivity contribution in [2.75, 3.05) is 20.7 Å². The van der Waals surface area contributed by atoms with Crippen molar-refractivity contribution < 1.29 is 14.6 Å². The Morgan fingerprint density at radius 1 is 1.53 bits per heavy atom. The van der Waals surface area contributed by atoms with Crippen LogP contribution in [0.1, 0.15) is 12.5 Å². The molecule has 1 N–H and O–H groups in total. The van der Waals surface area contributed by atoms with Gasteiger partial charge in [-0.3, -0.25) is 4.79 Å². The summed E-state index contributed by atoms with van der Waals surface area (Å²) in [5.41, 5.74) is 1.11. The number of hydrogen-bond donors (Lipinski definition) is 1. The molecule has 1 atom stereocenters. The quantitative estimate of drug-likeness (QED) is 0.833. The van der Waals surface area contributed by atoms with Crippen LogP contribution in [0.5, 0.6) is 5.75 Å². The summed E-state index contributed by atoms with van der Waals surface area (Å²) in [7, 11) is 3.32. The van der Waals surface area contributed by atoms with E-state index in [4.69, 9.17) is 9.84 Å². The molecular weight excluding hydrogens is 218 g/mol. The number of aliphatic hydroxyl groups excluding tert-OH is 1. The molecule has 0 radical (unpaired) electrons. The highest BCUT2D eigenvalue weighted by Gasteiger charge is 2.13. The Bertz CT molecular complexity index is 377. The number of carbonyl (C=O) groups excluding carboxylic acids is 1. The van der Waals surface area contributed by atoms with Crippen molar-refractivity contribution in [3.05, 3.63) is 29.8 Å². The normalized spacial score (nSPS) is 12.0. The molecule has 0 saturated heterocycles. The van der Waals surface area contributed by atoms with Crippen molar-refractivity contribution in [1.82, 2.24) is 4.90 Å². The molecule has 1 amide bonds. The van der Waals surface area contributed by atoms with Gasteiger partial charge in [-0.05, 0) is 31.0 Å². The summed E-state index contributed by atoms with van der Waals surface area (Å²) in [4.78, 5) is 13.0. The summed E-state index contributed by atoms with van der Waals surface area (Å²) in [6, 6.07) is 7.74. The first-order chi connectivity index (χ1) is 8.04. The largest absolute Gasteiger partial charge is 0.497 e. The van der Waals surface area contributed by atoms with E-state index in [2.05, 4.69) is 0 Å². The molecule has 0 fully saturated rings. The number of ether oxygens (including phenoxy) is 1. The molecule has 1 aromatic carbocycles. The van der Waals surface area contributed by atoms with Gasteiger partial charge in [-0.1, -0.05) is 12.1 Å². The van der Waals surface area contributed by atoms with Crippen molar-refractivity contribution >= 4 is 5.91 Å². The van der Waals surface area contributed by atoms with E-state index in [0.29, 0.717) is 6.54 Å². The standard InChI is InChI=1S/C13H19NO3/c1-10(15)13(16)14(2)8-7-11-5-4-6-12(9-11)17-3/h4-6,9-10,15H,7-8H2,1-3H3. The lowest BCUT2D eigenvalue weighted by molar-refractivity contribution is -0.137. The van der Waals surface area contributed by atoms with Crippen molar-refractivity contribution in [3.8, 4) is 5.75 Å².